The summed E-state index contributed by atoms with van der Waals surface area (Å²) in [5.74, 6) is 0.615. The first-order valence-corrected chi connectivity index (χ1v) is 5.04. The van der Waals surface area contributed by atoms with Crippen LogP contribution in [0.3, 0.4) is 0 Å². The van der Waals surface area contributed by atoms with Crippen molar-refractivity contribution in [1.82, 2.24) is 19.5 Å². The van der Waals surface area contributed by atoms with Gasteiger partial charge in [0.25, 0.3) is 0 Å². The molecule has 2 aromatic rings. The highest BCUT2D eigenvalue weighted by molar-refractivity contribution is 5.71. The lowest BCUT2D eigenvalue weighted by Gasteiger charge is -2.00. The summed E-state index contributed by atoms with van der Waals surface area (Å²) in [4.78, 5) is 22.1. The van der Waals surface area contributed by atoms with Gasteiger partial charge in [-0.05, 0) is 0 Å². The topological polar surface area (TPSA) is 75.6 Å². The lowest BCUT2D eigenvalue weighted by Crippen LogP contribution is -2.12. The summed E-state index contributed by atoms with van der Waals surface area (Å²) >= 11 is 0. The lowest BCUT2D eigenvalue weighted by molar-refractivity contribution is 0.814. The van der Waals surface area contributed by atoms with Crippen molar-refractivity contribution in [2.24, 2.45) is 0 Å². The Hall–Kier alpha value is -1.85. The molecule has 0 atom stereocenters. The molecule has 0 spiro atoms. The summed E-state index contributed by atoms with van der Waals surface area (Å²) in [6.45, 7) is 5.61. The molecule has 1 aliphatic rings. The summed E-state index contributed by atoms with van der Waals surface area (Å²) in [5, 5.41) is 3.02. The second-order valence-electron chi connectivity index (χ2n) is 2.92. The molecule has 3 heterocycles. The van der Waals surface area contributed by atoms with Gasteiger partial charge in [0.05, 0.1) is 6.33 Å². The SMILES string of the molecule is CC.O=c1nc2n(c3nc[nH]c13)CCN2. The number of rotatable bonds is 0. The van der Waals surface area contributed by atoms with Crippen molar-refractivity contribution in [3.63, 3.8) is 0 Å². The van der Waals surface area contributed by atoms with Gasteiger partial charge in [0.2, 0.25) is 5.95 Å². The van der Waals surface area contributed by atoms with Gasteiger partial charge in [-0.2, -0.15) is 4.98 Å². The van der Waals surface area contributed by atoms with Crippen molar-refractivity contribution < 1.29 is 0 Å². The third-order valence-corrected chi connectivity index (χ3v) is 2.17. The van der Waals surface area contributed by atoms with Crippen LogP contribution in [0.2, 0.25) is 0 Å². The largest absolute Gasteiger partial charge is 0.354 e. The van der Waals surface area contributed by atoms with Crippen LogP contribution in [0.15, 0.2) is 11.1 Å². The van der Waals surface area contributed by atoms with Crippen LogP contribution in [0.1, 0.15) is 13.8 Å². The molecule has 6 heteroatoms. The second-order valence-corrected chi connectivity index (χ2v) is 2.92. The Bertz CT molecular complexity index is 527. The quantitative estimate of drug-likeness (QED) is 0.662. The molecule has 0 aliphatic carbocycles. The predicted octanol–water partition coefficient (Wildman–Crippen LogP) is 0.571. The summed E-state index contributed by atoms with van der Waals surface area (Å²) in [7, 11) is 0. The molecule has 0 saturated heterocycles. The van der Waals surface area contributed by atoms with E-state index >= 15 is 0 Å². The maximum Gasteiger partial charge on any atom is 0.300 e. The van der Waals surface area contributed by atoms with Gasteiger partial charge in [0.15, 0.2) is 11.2 Å². The zero-order valence-corrected chi connectivity index (χ0v) is 8.74. The van der Waals surface area contributed by atoms with Crippen LogP contribution >= 0.6 is 0 Å². The van der Waals surface area contributed by atoms with Gasteiger partial charge in [-0.15, -0.1) is 0 Å². The van der Waals surface area contributed by atoms with E-state index in [0.717, 1.165) is 13.1 Å². The molecule has 0 bridgehead atoms. The number of fused-ring (bicyclic) bond motifs is 3. The van der Waals surface area contributed by atoms with Gasteiger partial charge >= 0.3 is 5.56 Å². The van der Waals surface area contributed by atoms with Crippen molar-refractivity contribution in [2.75, 3.05) is 11.9 Å². The molecule has 6 nitrogen and oxygen atoms in total. The molecule has 0 fully saturated rings. The van der Waals surface area contributed by atoms with E-state index in [1.807, 2.05) is 18.4 Å². The van der Waals surface area contributed by atoms with Crippen molar-refractivity contribution in [3.05, 3.63) is 16.7 Å². The first kappa shape index (κ1) is 9.70. The number of aromatic amines is 1. The number of imidazole rings is 1. The Morgan fingerprint density at radius 1 is 1.47 bits per heavy atom. The van der Waals surface area contributed by atoms with E-state index in [0.29, 0.717) is 17.1 Å². The first-order chi connectivity index (χ1) is 7.36. The number of hydrogen-bond donors (Lipinski definition) is 2. The van der Waals surface area contributed by atoms with Crippen LogP contribution in [-0.2, 0) is 6.54 Å². The molecule has 0 unspecified atom stereocenters. The van der Waals surface area contributed by atoms with E-state index in [-0.39, 0.29) is 5.56 Å². The highest BCUT2D eigenvalue weighted by Crippen LogP contribution is 2.14. The van der Waals surface area contributed by atoms with E-state index < -0.39 is 0 Å². The minimum atomic E-state index is -0.256. The lowest BCUT2D eigenvalue weighted by atomic mass is 10.5. The van der Waals surface area contributed by atoms with Gasteiger partial charge in [-0.1, -0.05) is 13.8 Å². The molecule has 0 amide bonds. The van der Waals surface area contributed by atoms with Crippen molar-refractivity contribution >= 4 is 17.1 Å². The zero-order valence-electron chi connectivity index (χ0n) is 8.74. The van der Waals surface area contributed by atoms with E-state index in [9.17, 15) is 4.79 Å². The normalized spacial score (nSPS) is 12.9. The van der Waals surface area contributed by atoms with Gasteiger partial charge in [0.1, 0.15) is 0 Å². The van der Waals surface area contributed by atoms with E-state index in [1.54, 1.807) is 0 Å². The molecule has 3 rings (SSSR count). The standard InChI is InChI=1S/C7H7N5O.C2H6/c13-6-4-5(10-3-9-4)12-2-1-8-7(12)11-6;1-2/h3H,1-2H2,(H,9,10)(H,8,11,13);1-2H3. The van der Waals surface area contributed by atoms with Crippen LogP contribution in [0.4, 0.5) is 5.95 Å². The Labute approximate surface area is 86.4 Å². The molecule has 0 aromatic carbocycles. The fraction of sp³-hybridized carbons (Fsp3) is 0.444. The summed E-state index contributed by atoms with van der Waals surface area (Å²) in [6, 6.07) is 0. The van der Waals surface area contributed by atoms with Crippen LogP contribution in [0, 0.1) is 0 Å². The van der Waals surface area contributed by atoms with E-state index in [2.05, 4.69) is 20.3 Å². The molecule has 0 saturated carbocycles. The average molecular weight is 207 g/mol. The summed E-state index contributed by atoms with van der Waals surface area (Å²) in [6.07, 6.45) is 1.51. The van der Waals surface area contributed by atoms with Crippen LogP contribution in [0.5, 0.6) is 0 Å². The summed E-state index contributed by atoms with van der Waals surface area (Å²) < 4.78 is 1.90. The minimum Gasteiger partial charge on any atom is -0.354 e. The number of H-pyrrole nitrogens is 1. The fourth-order valence-electron chi connectivity index (χ4n) is 1.59. The van der Waals surface area contributed by atoms with Crippen molar-refractivity contribution in [3.8, 4) is 0 Å². The smallest absolute Gasteiger partial charge is 0.300 e. The number of nitrogens with one attached hydrogen (secondary N) is 2. The third-order valence-electron chi connectivity index (χ3n) is 2.17. The molecule has 0 radical (unpaired) electrons. The molecule has 2 aromatic heterocycles. The molecular weight excluding hydrogens is 194 g/mol. The number of aromatic nitrogens is 4. The van der Waals surface area contributed by atoms with Crippen LogP contribution in [-0.4, -0.2) is 26.1 Å². The Morgan fingerprint density at radius 2 is 2.27 bits per heavy atom. The Morgan fingerprint density at radius 3 is 3.07 bits per heavy atom. The van der Waals surface area contributed by atoms with Crippen molar-refractivity contribution in [1.29, 1.82) is 0 Å². The van der Waals surface area contributed by atoms with Gasteiger partial charge in [-0.3, -0.25) is 9.36 Å². The second kappa shape index (κ2) is 3.72. The average Bonchev–Trinajstić information content (AvgIpc) is 2.86. The first-order valence-electron chi connectivity index (χ1n) is 5.04. The van der Waals surface area contributed by atoms with Gasteiger partial charge < -0.3 is 10.3 Å². The number of nitrogens with zero attached hydrogens (tertiary/aromatic N) is 3. The number of anilines is 1. The van der Waals surface area contributed by atoms with Crippen molar-refractivity contribution in [2.45, 2.75) is 20.4 Å². The molecule has 2 N–H and O–H groups in total. The highest BCUT2D eigenvalue weighted by atomic mass is 16.1. The van der Waals surface area contributed by atoms with Crippen LogP contribution < -0.4 is 10.9 Å². The van der Waals surface area contributed by atoms with Crippen LogP contribution in [0.25, 0.3) is 11.2 Å². The number of hydrogen-bond acceptors (Lipinski definition) is 4. The van der Waals surface area contributed by atoms with E-state index in [1.165, 1.54) is 6.33 Å². The van der Waals surface area contributed by atoms with Gasteiger partial charge in [-0.25, -0.2) is 4.98 Å². The maximum atomic E-state index is 11.4. The predicted molar refractivity (Wildman–Crippen MR) is 58.0 cm³/mol. The molecule has 80 valence electrons. The molecule has 15 heavy (non-hydrogen) atoms. The Kier molecular flexibility index (Phi) is 2.40. The highest BCUT2D eigenvalue weighted by Gasteiger charge is 2.16. The summed E-state index contributed by atoms with van der Waals surface area (Å²) in [5.41, 5.74) is 0.903. The van der Waals surface area contributed by atoms with E-state index in [4.69, 9.17) is 0 Å². The van der Waals surface area contributed by atoms with Gasteiger partial charge in [0, 0.05) is 13.1 Å². The minimum absolute atomic E-state index is 0.256. The third kappa shape index (κ3) is 1.38. The fourth-order valence-corrected chi connectivity index (χ4v) is 1.59. The zero-order chi connectivity index (χ0) is 10.8. The monoisotopic (exact) mass is 207 g/mol. The molecular formula is C9H13N5O. The molecule has 1 aliphatic heterocycles. The Balaban J connectivity index is 0.000000404. The maximum absolute atomic E-state index is 11.4.